The molecule has 0 radical (unpaired) electrons. The first kappa shape index (κ1) is 15.2. The van der Waals surface area contributed by atoms with Crippen LogP contribution in [0.3, 0.4) is 0 Å². The molecule has 1 aromatic carbocycles. The average molecular weight is 281 g/mol. The number of para-hydroxylation sites is 1. The molecule has 0 bridgehead atoms. The van der Waals surface area contributed by atoms with Crippen molar-refractivity contribution in [2.45, 2.75) is 26.9 Å². The third kappa shape index (κ3) is 5.13. The van der Waals surface area contributed by atoms with Gasteiger partial charge in [0.2, 0.25) is 0 Å². The van der Waals surface area contributed by atoms with Crippen LogP contribution in [0.1, 0.15) is 19.4 Å². The summed E-state index contributed by atoms with van der Waals surface area (Å²) in [5.41, 5.74) is 6.08. The number of rotatable bonds is 4. The van der Waals surface area contributed by atoms with Gasteiger partial charge in [0.25, 0.3) is 5.91 Å². The molecule has 0 fully saturated rings. The molecule has 1 atom stereocenters. The Hall–Kier alpha value is -1.82. The molecule has 3 N–H and O–H groups in total. The van der Waals surface area contributed by atoms with Crippen molar-refractivity contribution in [1.82, 2.24) is 16.2 Å². The second kappa shape index (κ2) is 7.58. The van der Waals surface area contributed by atoms with Crippen LogP contribution in [-0.2, 0) is 4.79 Å². The standard InChI is InChI=1S/C13H19N3O2S/c1-4-14-13(19)16-15-12(17)10(3)18-11-8-6-5-7-9(11)2/h5-8,10H,4H2,1-3H3,(H,15,17)(H2,14,16,19)/t10-/m1/s1. The number of hydrogen-bond acceptors (Lipinski definition) is 3. The van der Waals surface area contributed by atoms with Crippen molar-refractivity contribution in [2.24, 2.45) is 0 Å². The summed E-state index contributed by atoms with van der Waals surface area (Å²) in [6.45, 7) is 6.22. The van der Waals surface area contributed by atoms with Gasteiger partial charge in [-0.2, -0.15) is 0 Å². The Morgan fingerprint density at radius 1 is 1.37 bits per heavy atom. The number of thiocarbonyl (C=S) groups is 1. The Balaban J connectivity index is 2.45. The van der Waals surface area contributed by atoms with Crippen LogP contribution < -0.4 is 20.9 Å². The van der Waals surface area contributed by atoms with E-state index in [-0.39, 0.29) is 5.91 Å². The van der Waals surface area contributed by atoms with Crippen molar-refractivity contribution in [2.75, 3.05) is 6.54 Å². The maximum atomic E-state index is 11.8. The number of ether oxygens (including phenoxy) is 1. The highest BCUT2D eigenvalue weighted by Gasteiger charge is 2.15. The Bertz CT molecular complexity index is 451. The highest BCUT2D eigenvalue weighted by atomic mass is 32.1. The van der Waals surface area contributed by atoms with E-state index >= 15 is 0 Å². The Morgan fingerprint density at radius 2 is 2.05 bits per heavy atom. The van der Waals surface area contributed by atoms with Crippen LogP contribution in [0.15, 0.2) is 24.3 Å². The van der Waals surface area contributed by atoms with E-state index in [0.717, 1.165) is 5.56 Å². The first-order valence-corrected chi connectivity index (χ1v) is 6.51. The molecule has 0 spiro atoms. The minimum Gasteiger partial charge on any atom is -0.481 e. The summed E-state index contributed by atoms with van der Waals surface area (Å²) in [7, 11) is 0. The van der Waals surface area contributed by atoms with Crippen molar-refractivity contribution in [1.29, 1.82) is 0 Å². The summed E-state index contributed by atoms with van der Waals surface area (Å²) in [4.78, 5) is 11.8. The molecule has 0 heterocycles. The van der Waals surface area contributed by atoms with E-state index in [1.54, 1.807) is 6.92 Å². The van der Waals surface area contributed by atoms with Crippen LogP contribution >= 0.6 is 12.2 Å². The zero-order chi connectivity index (χ0) is 14.3. The van der Waals surface area contributed by atoms with Crippen molar-refractivity contribution in [3.8, 4) is 5.75 Å². The summed E-state index contributed by atoms with van der Waals surface area (Å²) >= 11 is 4.93. The summed E-state index contributed by atoms with van der Waals surface area (Å²) in [5.74, 6) is 0.405. The monoisotopic (exact) mass is 281 g/mol. The maximum Gasteiger partial charge on any atom is 0.279 e. The lowest BCUT2D eigenvalue weighted by molar-refractivity contribution is -0.127. The molecule has 0 unspecified atom stereocenters. The molecule has 1 amide bonds. The van der Waals surface area contributed by atoms with Gasteiger partial charge in [-0.15, -0.1) is 0 Å². The molecule has 0 saturated carbocycles. The van der Waals surface area contributed by atoms with E-state index in [1.807, 2.05) is 38.1 Å². The number of carbonyl (C=O) groups is 1. The van der Waals surface area contributed by atoms with E-state index in [2.05, 4.69) is 16.2 Å². The molecule has 6 heteroatoms. The molecule has 5 nitrogen and oxygen atoms in total. The highest BCUT2D eigenvalue weighted by molar-refractivity contribution is 7.80. The summed E-state index contributed by atoms with van der Waals surface area (Å²) < 4.78 is 5.58. The smallest absolute Gasteiger partial charge is 0.279 e. The maximum absolute atomic E-state index is 11.8. The van der Waals surface area contributed by atoms with Gasteiger partial charge >= 0.3 is 0 Å². The van der Waals surface area contributed by atoms with Gasteiger partial charge in [-0.05, 0) is 44.6 Å². The average Bonchev–Trinajstić information content (AvgIpc) is 2.39. The van der Waals surface area contributed by atoms with Crippen molar-refractivity contribution < 1.29 is 9.53 Å². The van der Waals surface area contributed by atoms with E-state index in [0.29, 0.717) is 17.4 Å². The van der Waals surface area contributed by atoms with Crippen molar-refractivity contribution in [3.63, 3.8) is 0 Å². The molecule has 0 aliphatic rings. The fourth-order valence-corrected chi connectivity index (χ4v) is 1.55. The molecule has 0 aliphatic heterocycles. The van der Waals surface area contributed by atoms with Gasteiger partial charge in [0.15, 0.2) is 11.2 Å². The summed E-state index contributed by atoms with van der Waals surface area (Å²) in [6, 6.07) is 7.54. The number of nitrogens with one attached hydrogen (secondary N) is 3. The normalized spacial score (nSPS) is 11.3. The number of benzene rings is 1. The number of aryl methyl sites for hydroxylation is 1. The Kier molecular flexibility index (Phi) is 6.08. The van der Waals surface area contributed by atoms with Gasteiger partial charge in [-0.3, -0.25) is 15.6 Å². The molecule has 1 aromatic rings. The molecule has 0 saturated heterocycles. The van der Waals surface area contributed by atoms with Crippen LogP contribution in [0, 0.1) is 6.92 Å². The zero-order valence-electron chi connectivity index (χ0n) is 11.3. The van der Waals surface area contributed by atoms with Gasteiger partial charge < -0.3 is 10.1 Å². The molecule has 0 aromatic heterocycles. The highest BCUT2D eigenvalue weighted by Crippen LogP contribution is 2.17. The van der Waals surface area contributed by atoms with Crippen LogP contribution in [0.5, 0.6) is 5.75 Å². The first-order valence-electron chi connectivity index (χ1n) is 6.10. The molecule has 0 aliphatic carbocycles. The van der Waals surface area contributed by atoms with Crippen molar-refractivity contribution >= 4 is 23.2 Å². The SMILES string of the molecule is CCNC(=S)NNC(=O)[C@@H](C)Oc1ccccc1C. The molecule has 1 rings (SSSR count). The minimum absolute atomic E-state index is 0.288. The Labute approximate surface area is 118 Å². The minimum atomic E-state index is -0.613. The second-order valence-electron chi connectivity index (χ2n) is 4.00. The van der Waals surface area contributed by atoms with E-state index < -0.39 is 6.10 Å². The van der Waals surface area contributed by atoms with Gasteiger partial charge in [0, 0.05) is 6.54 Å². The third-order valence-electron chi connectivity index (χ3n) is 2.40. The molecular formula is C13H19N3O2S. The Morgan fingerprint density at radius 3 is 2.68 bits per heavy atom. The van der Waals surface area contributed by atoms with Crippen molar-refractivity contribution in [3.05, 3.63) is 29.8 Å². The van der Waals surface area contributed by atoms with Gasteiger partial charge in [-0.25, -0.2) is 0 Å². The first-order chi connectivity index (χ1) is 9.04. The quantitative estimate of drug-likeness (QED) is 0.573. The largest absolute Gasteiger partial charge is 0.481 e. The van der Waals surface area contributed by atoms with E-state index in [4.69, 9.17) is 17.0 Å². The molecule has 19 heavy (non-hydrogen) atoms. The predicted octanol–water partition coefficient (Wildman–Crippen LogP) is 1.28. The number of amides is 1. The third-order valence-corrected chi connectivity index (χ3v) is 2.65. The topological polar surface area (TPSA) is 62.4 Å². The lowest BCUT2D eigenvalue weighted by Crippen LogP contribution is -2.50. The van der Waals surface area contributed by atoms with Gasteiger partial charge in [0.05, 0.1) is 0 Å². The lowest BCUT2D eigenvalue weighted by Gasteiger charge is -2.17. The predicted molar refractivity (Wildman–Crippen MR) is 78.8 cm³/mol. The fourth-order valence-electron chi connectivity index (χ4n) is 1.36. The van der Waals surface area contributed by atoms with Crippen LogP contribution in [0.25, 0.3) is 0 Å². The van der Waals surface area contributed by atoms with E-state index in [9.17, 15) is 4.79 Å². The number of hydrazine groups is 1. The van der Waals surface area contributed by atoms with E-state index in [1.165, 1.54) is 0 Å². The summed E-state index contributed by atoms with van der Waals surface area (Å²) in [6.07, 6.45) is -0.613. The zero-order valence-corrected chi connectivity index (χ0v) is 12.1. The second-order valence-corrected chi connectivity index (χ2v) is 4.41. The number of hydrogen-bond donors (Lipinski definition) is 3. The molecular weight excluding hydrogens is 262 g/mol. The van der Waals surface area contributed by atoms with Crippen LogP contribution in [-0.4, -0.2) is 23.7 Å². The van der Waals surface area contributed by atoms with Crippen LogP contribution in [0.4, 0.5) is 0 Å². The lowest BCUT2D eigenvalue weighted by atomic mass is 10.2. The fraction of sp³-hybridized carbons (Fsp3) is 0.385. The summed E-state index contributed by atoms with van der Waals surface area (Å²) in [5, 5.41) is 3.24. The molecule has 104 valence electrons. The van der Waals surface area contributed by atoms with Gasteiger partial charge in [0.1, 0.15) is 5.75 Å². The number of carbonyl (C=O) groups excluding carboxylic acids is 1. The van der Waals surface area contributed by atoms with Gasteiger partial charge in [-0.1, -0.05) is 18.2 Å². The van der Waals surface area contributed by atoms with Crippen LogP contribution in [0.2, 0.25) is 0 Å².